The molecule has 1 aromatic carbocycles. The number of benzene rings is 1. The molecule has 1 N–H and O–H groups in total. The predicted octanol–water partition coefficient (Wildman–Crippen LogP) is 2.57. The van der Waals surface area contributed by atoms with Gasteiger partial charge in [0.2, 0.25) is 15.9 Å². The summed E-state index contributed by atoms with van der Waals surface area (Å²) in [5.41, 5.74) is 2.29. The number of ether oxygens (including phenoxy) is 1. The van der Waals surface area contributed by atoms with Crippen LogP contribution in [-0.4, -0.2) is 50.6 Å². The molecule has 0 unspecified atom stereocenters. The fourth-order valence-corrected chi connectivity index (χ4v) is 4.99. The van der Waals surface area contributed by atoms with Gasteiger partial charge in [0.25, 0.3) is 0 Å². The van der Waals surface area contributed by atoms with Gasteiger partial charge in [-0.05, 0) is 45.2 Å². The van der Waals surface area contributed by atoms with Crippen molar-refractivity contribution in [3.63, 3.8) is 0 Å². The summed E-state index contributed by atoms with van der Waals surface area (Å²) >= 11 is 0. The minimum absolute atomic E-state index is 0.161. The number of aryl methyl sites for hydroxylation is 4. The van der Waals surface area contributed by atoms with Gasteiger partial charge < -0.3 is 14.6 Å². The van der Waals surface area contributed by atoms with Gasteiger partial charge in [-0.3, -0.25) is 4.79 Å². The molecule has 1 aromatic heterocycles. The lowest BCUT2D eigenvalue weighted by Crippen LogP contribution is -2.39. The molecule has 1 heterocycles. The van der Waals surface area contributed by atoms with Gasteiger partial charge in [-0.1, -0.05) is 22.9 Å². The zero-order valence-corrected chi connectivity index (χ0v) is 17.7. The van der Waals surface area contributed by atoms with Crippen LogP contribution >= 0.6 is 0 Å². The van der Waals surface area contributed by atoms with Crippen LogP contribution in [0.15, 0.2) is 27.6 Å². The molecular formula is C19H27N3O5S. The van der Waals surface area contributed by atoms with Crippen LogP contribution in [-0.2, 0) is 19.6 Å². The second-order valence-electron chi connectivity index (χ2n) is 6.78. The third kappa shape index (κ3) is 5.40. The lowest BCUT2D eigenvalue weighted by Gasteiger charge is -2.24. The molecule has 28 heavy (non-hydrogen) atoms. The smallest absolute Gasteiger partial charge is 0.244 e. The monoisotopic (exact) mass is 409 g/mol. The van der Waals surface area contributed by atoms with Crippen LogP contribution in [0, 0.1) is 27.7 Å². The number of methoxy groups -OCH3 is 1. The first-order valence-electron chi connectivity index (χ1n) is 8.95. The number of amides is 1. The first-order chi connectivity index (χ1) is 13.1. The number of aromatic nitrogens is 1. The molecule has 2 rings (SSSR count). The van der Waals surface area contributed by atoms with E-state index in [1.165, 1.54) is 4.31 Å². The molecule has 154 valence electrons. The minimum atomic E-state index is -3.87. The van der Waals surface area contributed by atoms with Gasteiger partial charge in [-0.25, -0.2) is 8.42 Å². The van der Waals surface area contributed by atoms with Gasteiger partial charge in [-0.15, -0.1) is 0 Å². The average molecular weight is 410 g/mol. The Morgan fingerprint density at radius 3 is 2.36 bits per heavy atom. The van der Waals surface area contributed by atoms with E-state index >= 15 is 0 Å². The van der Waals surface area contributed by atoms with E-state index in [1.54, 1.807) is 33.9 Å². The fraction of sp³-hybridized carbons (Fsp3) is 0.474. The maximum absolute atomic E-state index is 13.3. The van der Waals surface area contributed by atoms with Crippen molar-refractivity contribution in [2.45, 2.75) is 39.0 Å². The van der Waals surface area contributed by atoms with Crippen molar-refractivity contribution in [3.05, 3.63) is 40.6 Å². The van der Waals surface area contributed by atoms with E-state index in [2.05, 4.69) is 10.5 Å². The summed E-state index contributed by atoms with van der Waals surface area (Å²) in [4.78, 5) is 12.7. The number of anilines is 1. The zero-order chi connectivity index (χ0) is 20.9. The number of carbonyl (C=O) groups excluding carboxylic acids is 1. The molecule has 8 nitrogen and oxygen atoms in total. The summed E-state index contributed by atoms with van der Waals surface area (Å²) in [6, 6.07) is 5.22. The van der Waals surface area contributed by atoms with Crippen LogP contribution in [0.2, 0.25) is 0 Å². The highest BCUT2D eigenvalue weighted by Gasteiger charge is 2.29. The van der Waals surface area contributed by atoms with Crippen LogP contribution in [0.5, 0.6) is 0 Å². The van der Waals surface area contributed by atoms with Crippen molar-refractivity contribution >= 4 is 21.7 Å². The summed E-state index contributed by atoms with van der Waals surface area (Å²) in [5.74, 6) is 0.307. The fourth-order valence-electron chi connectivity index (χ4n) is 3.14. The Bertz CT molecular complexity index is 914. The second-order valence-corrected chi connectivity index (χ2v) is 8.66. The summed E-state index contributed by atoms with van der Waals surface area (Å²) in [5, 5.41) is 6.27. The number of hydrogen-bond donors (Lipinski definition) is 1. The van der Waals surface area contributed by atoms with Gasteiger partial charge in [0, 0.05) is 26.3 Å². The van der Waals surface area contributed by atoms with E-state index in [-0.39, 0.29) is 23.8 Å². The lowest BCUT2D eigenvalue weighted by atomic mass is 10.1. The Balaban J connectivity index is 2.29. The molecule has 0 aliphatic heterocycles. The van der Waals surface area contributed by atoms with Gasteiger partial charge in [-0.2, -0.15) is 4.31 Å². The van der Waals surface area contributed by atoms with Gasteiger partial charge in [0.05, 0.1) is 11.4 Å². The van der Waals surface area contributed by atoms with E-state index < -0.39 is 15.9 Å². The molecule has 0 aliphatic rings. The number of nitrogens with one attached hydrogen (secondary N) is 1. The molecule has 0 saturated heterocycles. The van der Waals surface area contributed by atoms with E-state index in [1.807, 2.05) is 19.1 Å². The molecule has 0 saturated carbocycles. The van der Waals surface area contributed by atoms with E-state index in [4.69, 9.17) is 9.26 Å². The third-order valence-electron chi connectivity index (χ3n) is 4.17. The summed E-state index contributed by atoms with van der Waals surface area (Å²) in [6.45, 7) is 7.37. The number of carbonyl (C=O) groups is 1. The lowest BCUT2D eigenvalue weighted by molar-refractivity contribution is -0.116. The average Bonchev–Trinajstić information content (AvgIpc) is 2.97. The number of hydrogen-bond acceptors (Lipinski definition) is 6. The van der Waals surface area contributed by atoms with E-state index in [0.717, 1.165) is 5.56 Å². The molecular weight excluding hydrogens is 382 g/mol. The SMILES string of the molecule is COCCCN(CC(=O)Nc1cc(C)on1)S(=O)(=O)c1c(C)cc(C)cc1C. The van der Waals surface area contributed by atoms with Gasteiger partial charge >= 0.3 is 0 Å². The second kappa shape index (κ2) is 9.31. The van der Waals surface area contributed by atoms with Crippen molar-refractivity contribution in [3.8, 4) is 0 Å². The Morgan fingerprint density at radius 1 is 1.18 bits per heavy atom. The largest absolute Gasteiger partial charge is 0.385 e. The normalized spacial score (nSPS) is 11.8. The molecule has 0 spiro atoms. The zero-order valence-electron chi connectivity index (χ0n) is 16.9. The maximum Gasteiger partial charge on any atom is 0.244 e. The molecule has 1 amide bonds. The molecule has 2 aromatic rings. The Hall–Kier alpha value is -2.23. The molecule has 0 radical (unpaired) electrons. The molecule has 0 fully saturated rings. The number of nitrogens with zero attached hydrogens (tertiary/aromatic N) is 2. The van der Waals surface area contributed by atoms with Crippen LogP contribution in [0.4, 0.5) is 5.82 Å². The number of rotatable bonds is 9. The van der Waals surface area contributed by atoms with E-state index in [9.17, 15) is 13.2 Å². The van der Waals surface area contributed by atoms with Crippen LogP contribution in [0.25, 0.3) is 0 Å². The Kier molecular flexibility index (Phi) is 7.34. The summed E-state index contributed by atoms with van der Waals surface area (Å²) in [7, 11) is -2.32. The quantitative estimate of drug-likeness (QED) is 0.639. The highest BCUT2D eigenvalue weighted by Crippen LogP contribution is 2.25. The topological polar surface area (TPSA) is 102 Å². The van der Waals surface area contributed by atoms with Crippen LogP contribution in [0.1, 0.15) is 28.9 Å². The molecule has 0 atom stereocenters. The van der Waals surface area contributed by atoms with Crippen LogP contribution in [0.3, 0.4) is 0 Å². The first kappa shape index (κ1) is 22.1. The Morgan fingerprint density at radius 2 is 1.82 bits per heavy atom. The van der Waals surface area contributed by atoms with Crippen molar-refractivity contribution < 1.29 is 22.5 Å². The number of sulfonamides is 1. The van der Waals surface area contributed by atoms with Crippen molar-refractivity contribution in [1.29, 1.82) is 0 Å². The summed E-state index contributed by atoms with van der Waals surface area (Å²) < 4.78 is 37.8. The highest BCUT2D eigenvalue weighted by molar-refractivity contribution is 7.89. The van der Waals surface area contributed by atoms with Gasteiger partial charge in [0.15, 0.2) is 5.82 Å². The van der Waals surface area contributed by atoms with Crippen molar-refractivity contribution in [2.75, 3.05) is 32.1 Å². The first-order valence-corrected chi connectivity index (χ1v) is 10.4. The minimum Gasteiger partial charge on any atom is -0.385 e. The Labute approximate surface area is 165 Å². The van der Waals surface area contributed by atoms with Crippen molar-refractivity contribution in [2.24, 2.45) is 0 Å². The highest BCUT2D eigenvalue weighted by atomic mass is 32.2. The predicted molar refractivity (Wildman–Crippen MR) is 106 cm³/mol. The van der Waals surface area contributed by atoms with Crippen LogP contribution < -0.4 is 5.32 Å². The molecule has 9 heteroatoms. The molecule has 0 bridgehead atoms. The molecule has 0 aliphatic carbocycles. The van der Waals surface area contributed by atoms with E-state index in [0.29, 0.717) is 29.9 Å². The van der Waals surface area contributed by atoms with Gasteiger partial charge in [0.1, 0.15) is 5.76 Å². The van der Waals surface area contributed by atoms with Crippen molar-refractivity contribution in [1.82, 2.24) is 9.46 Å². The standard InChI is InChI=1S/C19H27N3O5S/c1-13-9-14(2)19(15(3)10-13)28(24,25)22(7-6-8-26-5)12-18(23)20-17-11-16(4)27-21-17/h9-11H,6-8,12H2,1-5H3,(H,20,21,23). The summed E-state index contributed by atoms with van der Waals surface area (Å²) in [6.07, 6.45) is 0.468. The third-order valence-corrected chi connectivity index (χ3v) is 6.33. The maximum atomic E-state index is 13.3.